The van der Waals surface area contributed by atoms with Crippen molar-refractivity contribution in [1.82, 2.24) is 19.8 Å². The summed E-state index contributed by atoms with van der Waals surface area (Å²) in [6.45, 7) is 11.4. The molecule has 1 aromatic carbocycles. The van der Waals surface area contributed by atoms with E-state index in [4.69, 9.17) is 9.97 Å². The van der Waals surface area contributed by atoms with Gasteiger partial charge in [0.15, 0.2) is 0 Å². The minimum absolute atomic E-state index is 0.865. The molecule has 0 unspecified atom stereocenters. The maximum atomic E-state index is 4.74. The zero-order valence-electron chi connectivity index (χ0n) is 17.7. The van der Waals surface area contributed by atoms with Crippen LogP contribution in [0.3, 0.4) is 0 Å². The number of rotatable bonds is 5. The first-order valence-electron chi connectivity index (χ1n) is 10.7. The Labute approximate surface area is 174 Å². The van der Waals surface area contributed by atoms with Crippen LogP contribution in [0.25, 0.3) is 6.08 Å². The molecule has 0 atom stereocenters. The number of nitrogens with zero attached hydrogens (tertiary/aromatic N) is 6. The summed E-state index contributed by atoms with van der Waals surface area (Å²) in [5, 5.41) is 0. The Morgan fingerprint density at radius 3 is 2.03 bits per heavy atom. The van der Waals surface area contributed by atoms with Crippen molar-refractivity contribution in [1.29, 1.82) is 0 Å². The molecule has 0 N–H and O–H groups in total. The van der Waals surface area contributed by atoms with E-state index in [9.17, 15) is 0 Å². The van der Waals surface area contributed by atoms with Gasteiger partial charge in [0, 0.05) is 65.0 Å². The van der Waals surface area contributed by atoms with Gasteiger partial charge in [0.2, 0.25) is 0 Å². The number of likely N-dealkylation sites (N-methyl/N-ethyl adjacent to an activating group) is 1. The Morgan fingerprint density at radius 2 is 1.41 bits per heavy atom. The van der Waals surface area contributed by atoms with Gasteiger partial charge in [0.05, 0.1) is 0 Å². The third-order valence-corrected chi connectivity index (χ3v) is 5.81. The number of anilines is 2. The maximum absolute atomic E-state index is 4.74. The fourth-order valence-electron chi connectivity index (χ4n) is 3.96. The average molecular weight is 393 g/mol. The van der Waals surface area contributed by atoms with E-state index in [1.165, 1.54) is 5.56 Å². The molecule has 6 nitrogen and oxygen atoms in total. The number of hydrogen-bond acceptors (Lipinski definition) is 6. The summed E-state index contributed by atoms with van der Waals surface area (Å²) >= 11 is 0. The minimum atomic E-state index is 0.865. The second-order valence-corrected chi connectivity index (χ2v) is 8.02. The van der Waals surface area contributed by atoms with E-state index in [0.717, 1.165) is 76.4 Å². The Kier molecular flexibility index (Phi) is 6.42. The van der Waals surface area contributed by atoms with Gasteiger partial charge in [0.25, 0.3) is 0 Å². The molecule has 2 aliphatic rings. The lowest BCUT2D eigenvalue weighted by molar-refractivity contribution is 0.283. The summed E-state index contributed by atoms with van der Waals surface area (Å²) in [5.41, 5.74) is 1.26. The lowest BCUT2D eigenvalue weighted by Crippen LogP contribution is -2.47. The lowest BCUT2D eigenvalue weighted by Gasteiger charge is -2.36. The molecule has 6 heteroatoms. The second kappa shape index (κ2) is 9.37. The molecule has 0 spiro atoms. The first kappa shape index (κ1) is 19.9. The van der Waals surface area contributed by atoms with Crippen LogP contribution >= 0.6 is 0 Å². The van der Waals surface area contributed by atoms with Crippen molar-refractivity contribution < 1.29 is 0 Å². The van der Waals surface area contributed by atoms with Crippen LogP contribution in [0.2, 0.25) is 0 Å². The summed E-state index contributed by atoms with van der Waals surface area (Å²) < 4.78 is 0. The van der Waals surface area contributed by atoms with Crippen molar-refractivity contribution in [3.8, 4) is 0 Å². The van der Waals surface area contributed by atoms with Gasteiger partial charge >= 0.3 is 0 Å². The number of hydrogen-bond donors (Lipinski definition) is 0. The Bertz CT molecular complexity index is 805. The number of piperazine rings is 2. The molecule has 1 aromatic heterocycles. The normalized spacial score (nSPS) is 19.2. The summed E-state index contributed by atoms with van der Waals surface area (Å²) in [5.74, 6) is 3.02. The van der Waals surface area contributed by atoms with Crippen molar-refractivity contribution in [2.24, 2.45) is 0 Å². The highest BCUT2D eigenvalue weighted by molar-refractivity contribution is 5.52. The Morgan fingerprint density at radius 1 is 0.828 bits per heavy atom. The molecular formula is C23H32N6. The highest BCUT2D eigenvalue weighted by atomic mass is 15.3. The Hall–Kier alpha value is -2.44. The number of aromatic nitrogens is 2. The van der Waals surface area contributed by atoms with Crippen LogP contribution in [0.1, 0.15) is 11.4 Å². The molecule has 4 rings (SSSR count). The highest BCUT2D eigenvalue weighted by Gasteiger charge is 2.21. The van der Waals surface area contributed by atoms with E-state index in [1.54, 1.807) is 0 Å². The SMILES string of the molecule is Cc1nc(N2CCN(C)CC2)cc(N2CCN(C/C=C/c3ccccc3)CC2)n1. The second-order valence-electron chi connectivity index (χ2n) is 8.02. The lowest BCUT2D eigenvalue weighted by atomic mass is 10.2. The molecule has 0 saturated carbocycles. The molecule has 154 valence electrons. The van der Waals surface area contributed by atoms with Crippen LogP contribution < -0.4 is 9.80 Å². The van der Waals surface area contributed by atoms with Crippen LogP contribution in [0.4, 0.5) is 11.6 Å². The Balaban J connectivity index is 1.33. The van der Waals surface area contributed by atoms with Crippen LogP contribution in [0.5, 0.6) is 0 Å². The first-order valence-corrected chi connectivity index (χ1v) is 10.7. The van der Waals surface area contributed by atoms with Gasteiger partial charge in [-0.15, -0.1) is 0 Å². The fraction of sp³-hybridized carbons (Fsp3) is 0.478. The van der Waals surface area contributed by atoms with E-state index < -0.39 is 0 Å². The van der Waals surface area contributed by atoms with E-state index in [1.807, 2.05) is 6.92 Å². The smallest absolute Gasteiger partial charge is 0.134 e. The van der Waals surface area contributed by atoms with Gasteiger partial charge < -0.3 is 14.7 Å². The molecule has 0 radical (unpaired) electrons. The van der Waals surface area contributed by atoms with Crippen molar-refractivity contribution in [2.45, 2.75) is 6.92 Å². The predicted octanol–water partition coefficient (Wildman–Crippen LogP) is 2.37. The largest absolute Gasteiger partial charge is 0.354 e. The summed E-state index contributed by atoms with van der Waals surface area (Å²) in [6.07, 6.45) is 4.48. The molecule has 0 amide bonds. The van der Waals surface area contributed by atoms with Gasteiger partial charge in [-0.3, -0.25) is 4.90 Å². The zero-order valence-corrected chi connectivity index (χ0v) is 17.7. The van der Waals surface area contributed by atoms with E-state index in [0.29, 0.717) is 0 Å². The van der Waals surface area contributed by atoms with Gasteiger partial charge in [-0.2, -0.15) is 0 Å². The molecule has 0 bridgehead atoms. The molecule has 3 heterocycles. The van der Waals surface area contributed by atoms with Gasteiger partial charge in [-0.25, -0.2) is 9.97 Å². The molecule has 2 fully saturated rings. The quantitative estimate of drug-likeness (QED) is 0.778. The van der Waals surface area contributed by atoms with Crippen LogP contribution in [-0.2, 0) is 0 Å². The summed E-state index contributed by atoms with van der Waals surface area (Å²) in [6, 6.07) is 12.7. The third-order valence-electron chi connectivity index (χ3n) is 5.81. The topological polar surface area (TPSA) is 38.7 Å². The van der Waals surface area contributed by atoms with Crippen LogP contribution in [0, 0.1) is 6.92 Å². The molecule has 2 aliphatic heterocycles. The predicted molar refractivity (Wildman–Crippen MR) is 121 cm³/mol. The summed E-state index contributed by atoms with van der Waals surface area (Å²) in [4.78, 5) is 19.1. The number of benzene rings is 1. The summed E-state index contributed by atoms with van der Waals surface area (Å²) in [7, 11) is 2.18. The monoisotopic (exact) mass is 392 g/mol. The molecule has 0 aliphatic carbocycles. The van der Waals surface area contributed by atoms with Gasteiger partial charge in [-0.1, -0.05) is 42.5 Å². The van der Waals surface area contributed by atoms with E-state index in [2.05, 4.69) is 75.2 Å². The molecule has 2 saturated heterocycles. The number of aryl methyl sites for hydroxylation is 1. The average Bonchev–Trinajstić information content (AvgIpc) is 2.75. The van der Waals surface area contributed by atoms with Gasteiger partial charge in [-0.05, 0) is 19.5 Å². The standard InChI is InChI=1S/C23H32N6/c1-20-24-22(28-15-11-26(2)12-16-28)19-23(25-20)29-17-13-27(14-18-29)10-6-9-21-7-4-3-5-8-21/h3-9,19H,10-18H2,1-2H3/b9-6+. The van der Waals surface area contributed by atoms with Crippen LogP contribution in [0.15, 0.2) is 42.5 Å². The highest BCUT2D eigenvalue weighted by Crippen LogP contribution is 2.21. The third kappa shape index (κ3) is 5.34. The van der Waals surface area contributed by atoms with Crippen molar-refractivity contribution in [3.63, 3.8) is 0 Å². The van der Waals surface area contributed by atoms with E-state index in [-0.39, 0.29) is 0 Å². The first-order chi connectivity index (χ1) is 14.2. The molecule has 29 heavy (non-hydrogen) atoms. The molecular weight excluding hydrogens is 360 g/mol. The van der Waals surface area contributed by atoms with Crippen molar-refractivity contribution in [2.75, 3.05) is 75.8 Å². The fourth-order valence-corrected chi connectivity index (χ4v) is 3.96. The molecule has 2 aromatic rings. The van der Waals surface area contributed by atoms with Crippen molar-refractivity contribution in [3.05, 3.63) is 53.9 Å². The minimum Gasteiger partial charge on any atom is -0.354 e. The maximum Gasteiger partial charge on any atom is 0.134 e. The van der Waals surface area contributed by atoms with Crippen LogP contribution in [-0.4, -0.2) is 85.7 Å². The van der Waals surface area contributed by atoms with Gasteiger partial charge in [0.1, 0.15) is 17.5 Å². The van der Waals surface area contributed by atoms with Crippen molar-refractivity contribution >= 4 is 17.7 Å². The van der Waals surface area contributed by atoms with E-state index >= 15 is 0 Å². The zero-order chi connectivity index (χ0) is 20.1.